The maximum absolute atomic E-state index is 5.14. The van der Waals surface area contributed by atoms with E-state index in [2.05, 4.69) is 15.2 Å². The van der Waals surface area contributed by atoms with Crippen molar-refractivity contribution in [2.24, 2.45) is 15.2 Å². The molecule has 0 amide bonds. The van der Waals surface area contributed by atoms with E-state index >= 15 is 0 Å². The van der Waals surface area contributed by atoms with Gasteiger partial charge in [0.1, 0.15) is 5.75 Å². The first kappa shape index (κ1) is 18.5. The lowest BCUT2D eigenvalue weighted by Crippen LogP contribution is -1.84. The summed E-state index contributed by atoms with van der Waals surface area (Å²) in [7, 11) is 1.65. The minimum absolute atomic E-state index is 0. The molecule has 0 bridgehead atoms. The van der Waals surface area contributed by atoms with E-state index in [1.54, 1.807) is 7.11 Å². The number of hydrogen-bond donors (Lipinski definition) is 0. The average Bonchev–Trinajstić information content (AvgIpc) is 2.67. The summed E-state index contributed by atoms with van der Waals surface area (Å²) in [6, 6.07) is 25.0. The van der Waals surface area contributed by atoms with Crippen molar-refractivity contribution in [1.82, 2.24) is 0 Å². The molecule has 0 radical (unpaired) electrons. The van der Waals surface area contributed by atoms with Gasteiger partial charge < -0.3 is 4.74 Å². The fourth-order valence-corrected chi connectivity index (χ4v) is 2.05. The Hall–Kier alpha value is -2.79. The fourth-order valence-electron chi connectivity index (χ4n) is 2.05. The standard InChI is InChI=1S/C20H17N3O.BrH/c1-24-20-13-7-16(8-14-20)15-21-17-9-11-19(12-10-17)23-22-18-5-3-2-4-6-18;/h2-15H,1H3;1H. The first-order chi connectivity index (χ1) is 11.8. The zero-order valence-corrected chi connectivity index (χ0v) is 15.5. The van der Waals surface area contributed by atoms with Gasteiger partial charge in [-0.05, 0) is 66.2 Å². The number of methoxy groups -OCH3 is 1. The number of hydrogen-bond acceptors (Lipinski definition) is 4. The normalized spacial score (nSPS) is 10.8. The first-order valence-corrected chi connectivity index (χ1v) is 7.58. The van der Waals surface area contributed by atoms with Crippen LogP contribution in [0.25, 0.3) is 0 Å². The van der Waals surface area contributed by atoms with E-state index in [9.17, 15) is 0 Å². The van der Waals surface area contributed by atoms with Crippen LogP contribution in [0.2, 0.25) is 0 Å². The van der Waals surface area contributed by atoms with Crippen molar-refractivity contribution in [2.45, 2.75) is 0 Å². The summed E-state index contributed by atoms with van der Waals surface area (Å²) >= 11 is 0. The molecule has 3 rings (SSSR count). The average molecular weight is 396 g/mol. The minimum Gasteiger partial charge on any atom is -0.497 e. The molecular formula is C20H18BrN3O. The molecule has 0 saturated carbocycles. The van der Waals surface area contributed by atoms with Gasteiger partial charge in [-0.15, -0.1) is 17.0 Å². The zero-order chi connectivity index (χ0) is 16.6. The highest BCUT2D eigenvalue weighted by Gasteiger charge is 1.94. The highest BCUT2D eigenvalue weighted by atomic mass is 79.9. The van der Waals surface area contributed by atoms with Gasteiger partial charge in [-0.2, -0.15) is 10.2 Å². The van der Waals surface area contributed by atoms with Gasteiger partial charge in [0.15, 0.2) is 0 Å². The second-order valence-corrected chi connectivity index (χ2v) is 5.08. The van der Waals surface area contributed by atoms with E-state index in [1.165, 1.54) is 0 Å². The highest BCUT2D eigenvalue weighted by molar-refractivity contribution is 8.93. The van der Waals surface area contributed by atoms with Crippen molar-refractivity contribution in [1.29, 1.82) is 0 Å². The zero-order valence-electron chi connectivity index (χ0n) is 13.7. The molecule has 0 aliphatic rings. The Morgan fingerprint density at radius 3 is 1.84 bits per heavy atom. The minimum atomic E-state index is 0. The van der Waals surface area contributed by atoms with Gasteiger partial charge in [0.25, 0.3) is 0 Å². The number of azo groups is 1. The first-order valence-electron chi connectivity index (χ1n) is 7.58. The molecule has 0 unspecified atom stereocenters. The van der Waals surface area contributed by atoms with Crippen LogP contribution in [0.4, 0.5) is 17.1 Å². The molecule has 0 saturated heterocycles. The smallest absolute Gasteiger partial charge is 0.118 e. The van der Waals surface area contributed by atoms with E-state index in [0.29, 0.717) is 0 Å². The van der Waals surface area contributed by atoms with Crippen molar-refractivity contribution in [3.8, 4) is 5.75 Å². The number of aliphatic imine (C=N–C) groups is 1. The third kappa shape index (κ3) is 5.65. The van der Waals surface area contributed by atoms with Crippen LogP contribution in [0.15, 0.2) is 94.1 Å². The molecule has 126 valence electrons. The van der Waals surface area contributed by atoms with Crippen LogP contribution in [0.5, 0.6) is 5.75 Å². The van der Waals surface area contributed by atoms with Crippen LogP contribution in [0.1, 0.15) is 5.56 Å². The summed E-state index contributed by atoms with van der Waals surface area (Å²) in [5.41, 5.74) is 3.51. The monoisotopic (exact) mass is 395 g/mol. The molecule has 25 heavy (non-hydrogen) atoms. The van der Waals surface area contributed by atoms with E-state index in [1.807, 2.05) is 85.1 Å². The van der Waals surface area contributed by atoms with E-state index < -0.39 is 0 Å². The summed E-state index contributed by atoms with van der Waals surface area (Å²) < 4.78 is 5.14. The molecule has 0 heterocycles. The van der Waals surface area contributed by atoms with Crippen LogP contribution in [0, 0.1) is 0 Å². The molecule has 4 nitrogen and oxygen atoms in total. The number of ether oxygens (including phenoxy) is 1. The van der Waals surface area contributed by atoms with Crippen molar-refractivity contribution in [3.05, 3.63) is 84.4 Å². The lowest BCUT2D eigenvalue weighted by molar-refractivity contribution is 0.415. The van der Waals surface area contributed by atoms with Crippen LogP contribution >= 0.6 is 17.0 Å². The number of nitrogens with zero attached hydrogens (tertiary/aromatic N) is 3. The molecule has 5 heteroatoms. The van der Waals surface area contributed by atoms with Gasteiger partial charge in [-0.1, -0.05) is 18.2 Å². The second-order valence-electron chi connectivity index (χ2n) is 5.08. The maximum atomic E-state index is 5.14. The summed E-state index contributed by atoms with van der Waals surface area (Å²) in [4.78, 5) is 4.45. The van der Waals surface area contributed by atoms with E-state index in [-0.39, 0.29) is 17.0 Å². The van der Waals surface area contributed by atoms with Gasteiger partial charge in [0.05, 0.1) is 24.2 Å². The quantitative estimate of drug-likeness (QED) is 0.362. The lowest BCUT2D eigenvalue weighted by atomic mass is 10.2. The summed E-state index contributed by atoms with van der Waals surface area (Å²) in [5, 5.41) is 8.40. The van der Waals surface area contributed by atoms with Crippen LogP contribution in [-0.4, -0.2) is 13.3 Å². The van der Waals surface area contributed by atoms with Gasteiger partial charge in [0, 0.05) is 6.21 Å². The Kier molecular flexibility index (Phi) is 7.04. The van der Waals surface area contributed by atoms with Crippen LogP contribution in [-0.2, 0) is 0 Å². The molecule has 3 aromatic carbocycles. The van der Waals surface area contributed by atoms with Gasteiger partial charge >= 0.3 is 0 Å². The lowest BCUT2D eigenvalue weighted by Gasteiger charge is -1.99. The Morgan fingerprint density at radius 1 is 0.680 bits per heavy atom. The van der Waals surface area contributed by atoms with Crippen molar-refractivity contribution >= 4 is 40.3 Å². The number of rotatable bonds is 5. The molecule has 0 aliphatic carbocycles. The van der Waals surface area contributed by atoms with Crippen LogP contribution < -0.4 is 4.74 Å². The van der Waals surface area contributed by atoms with E-state index in [0.717, 1.165) is 28.4 Å². The Morgan fingerprint density at radius 2 is 1.24 bits per heavy atom. The third-order valence-corrected chi connectivity index (χ3v) is 3.37. The highest BCUT2D eigenvalue weighted by Crippen LogP contribution is 2.21. The Labute approximate surface area is 157 Å². The van der Waals surface area contributed by atoms with Crippen molar-refractivity contribution < 1.29 is 4.74 Å². The second kappa shape index (κ2) is 9.49. The van der Waals surface area contributed by atoms with Gasteiger partial charge in [-0.3, -0.25) is 4.99 Å². The molecule has 0 atom stereocenters. The SMILES string of the molecule is Br.COc1ccc(C=Nc2ccc(N=Nc3ccccc3)cc2)cc1. The predicted octanol–water partition coefficient (Wildman–Crippen LogP) is 6.44. The van der Waals surface area contributed by atoms with Gasteiger partial charge in [-0.25, -0.2) is 0 Å². The largest absolute Gasteiger partial charge is 0.497 e. The molecule has 0 aliphatic heterocycles. The summed E-state index contributed by atoms with van der Waals surface area (Å²) in [5.74, 6) is 0.834. The summed E-state index contributed by atoms with van der Waals surface area (Å²) in [6.07, 6.45) is 1.82. The molecule has 0 aromatic heterocycles. The van der Waals surface area contributed by atoms with Crippen molar-refractivity contribution in [2.75, 3.05) is 7.11 Å². The Balaban J connectivity index is 0.00000225. The molecule has 0 fully saturated rings. The van der Waals surface area contributed by atoms with E-state index in [4.69, 9.17) is 4.74 Å². The number of benzene rings is 3. The molecule has 0 spiro atoms. The molecular weight excluding hydrogens is 378 g/mol. The van der Waals surface area contributed by atoms with Crippen LogP contribution in [0.3, 0.4) is 0 Å². The summed E-state index contributed by atoms with van der Waals surface area (Å²) in [6.45, 7) is 0. The topological polar surface area (TPSA) is 46.3 Å². The molecule has 0 N–H and O–H groups in total. The van der Waals surface area contributed by atoms with Gasteiger partial charge in [0.2, 0.25) is 0 Å². The molecule has 3 aromatic rings. The maximum Gasteiger partial charge on any atom is 0.118 e. The fraction of sp³-hybridized carbons (Fsp3) is 0.0500. The third-order valence-electron chi connectivity index (χ3n) is 3.37. The number of halogens is 1. The predicted molar refractivity (Wildman–Crippen MR) is 108 cm³/mol. The van der Waals surface area contributed by atoms with Crippen molar-refractivity contribution in [3.63, 3.8) is 0 Å². The Bertz CT molecular complexity index is 829.